The first-order valence-electron chi connectivity index (χ1n) is 4.84. The average molecular weight is 194 g/mol. The van der Waals surface area contributed by atoms with Gasteiger partial charge in [0.05, 0.1) is 13.2 Å². The second kappa shape index (κ2) is 4.47. The van der Waals surface area contributed by atoms with Crippen molar-refractivity contribution in [3.8, 4) is 5.75 Å². The molecule has 0 aliphatic heterocycles. The highest BCUT2D eigenvalue weighted by Crippen LogP contribution is 2.18. The van der Waals surface area contributed by atoms with Crippen LogP contribution in [0.1, 0.15) is 19.4 Å². The maximum Gasteiger partial charge on any atom is 0.119 e. The Labute approximate surface area is 85.5 Å². The fourth-order valence-corrected chi connectivity index (χ4v) is 0.959. The predicted molar refractivity (Wildman–Crippen MR) is 57.5 cm³/mol. The van der Waals surface area contributed by atoms with Gasteiger partial charge in [-0.15, -0.1) is 0 Å². The molecule has 0 radical (unpaired) electrons. The van der Waals surface area contributed by atoms with Crippen molar-refractivity contribution in [1.82, 2.24) is 0 Å². The summed E-state index contributed by atoms with van der Waals surface area (Å²) in [6.45, 7) is 6.66. The van der Waals surface area contributed by atoms with Crippen LogP contribution in [0, 0.1) is 12.3 Å². The van der Waals surface area contributed by atoms with Gasteiger partial charge in [-0.3, -0.25) is 0 Å². The number of ether oxygens (including phenoxy) is 1. The quantitative estimate of drug-likeness (QED) is 0.797. The fourth-order valence-electron chi connectivity index (χ4n) is 0.959. The van der Waals surface area contributed by atoms with Gasteiger partial charge in [-0.1, -0.05) is 31.5 Å². The highest BCUT2D eigenvalue weighted by molar-refractivity contribution is 5.26. The van der Waals surface area contributed by atoms with Crippen LogP contribution in [0.15, 0.2) is 24.3 Å². The molecule has 1 aromatic carbocycles. The Morgan fingerprint density at radius 2 is 1.79 bits per heavy atom. The van der Waals surface area contributed by atoms with Crippen LogP contribution in [0.3, 0.4) is 0 Å². The molecule has 0 bridgehead atoms. The van der Waals surface area contributed by atoms with E-state index < -0.39 is 0 Å². The number of aliphatic hydroxyl groups excluding tert-OH is 1. The topological polar surface area (TPSA) is 29.5 Å². The molecule has 1 N–H and O–H groups in total. The van der Waals surface area contributed by atoms with E-state index in [4.69, 9.17) is 9.84 Å². The van der Waals surface area contributed by atoms with E-state index in [1.165, 1.54) is 5.56 Å². The van der Waals surface area contributed by atoms with Crippen LogP contribution in [0.2, 0.25) is 0 Å². The number of hydrogen-bond acceptors (Lipinski definition) is 2. The van der Waals surface area contributed by atoms with E-state index in [1.54, 1.807) is 0 Å². The Bertz CT molecular complexity index is 275. The molecule has 1 aromatic rings. The maximum atomic E-state index is 9.04. The normalized spacial score (nSPS) is 11.4. The molecule has 0 atom stereocenters. The highest BCUT2D eigenvalue weighted by Gasteiger charge is 2.17. The molecule has 0 heterocycles. The zero-order valence-corrected chi connectivity index (χ0v) is 9.08. The van der Waals surface area contributed by atoms with Crippen LogP contribution >= 0.6 is 0 Å². The Hall–Kier alpha value is -1.02. The lowest BCUT2D eigenvalue weighted by Crippen LogP contribution is -2.25. The summed E-state index contributed by atoms with van der Waals surface area (Å²) in [4.78, 5) is 0. The average Bonchev–Trinajstić information content (AvgIpc) is 2.17. The van der Waals surface area contributed by atoms with Crippen molar-refractivity contribution in [2.45, 2.75) is 20.8 Å². The molecule has 0 amide bonds. The number of aryl methyl sites for hydroxylation is 1. The lowest BCUT2D eigenvalue weighted by Gasteiger charge is -2.21. The molecule has 2 heteroatoms. The van der Waals surface area contributed by atoms with Crippen LogP contribution in [0.4, 0.5) is 0 Å². The summed E-state index contributed by atoms with van der Waals surface area (Å²) in [6.07, 6.45) is 0. The Kier molecular flexibility index (Phi) is 3.53. The minimum Gasteiger partial charge on any atom is -0.493 e. The summed E-state index contributed by atoms with van der Waals surface area (Å²) in [5.41, 5.74) is 1.05. The van der Waals surface area contributed by atoms with E-state index in [0.717, 1.165) is 5.75 Å². The molecular formula is C12H18O2. The van der Waals surface area contributed by atoms with Crippen molar-refractivity contribution >= 4 is 0 Å². The third kappa shape index (κ3) is 3.38. The van der Waals surface area contributed by atoms with E-state index in [-0.39, 0.29) is 12.0 Å². The molecule has 0 unspecified atom stereocenters. The minimum atomic E-state index is -0.176. The third-order valence-corrected chi connectivity index (χ3v) is 2.08. The Morgan fingerprint density at radius 3 is 2.29 bits per heavy atom. The summed E-state index contributed by atoms with van der Waals surface area (Å²) >= 11 is 0. The number of benzene rings is 1. The highest BCUT2D eigenvalue weighted by atomic mass is 16.5. The van der Waals surface area contributed by atoms with E-state index in [9.17, 15) is 0 Å². The first-order chi connectivity index (χ1) is 6.53. The van der Waals surface area contributed by atoms with Crippen molar-refractivity contribution in [1.29, 1.82) is 0 Å². The summed E-state index contributed by atoms with van der Waals surface area (Å²) in [5.74, 6) is 0.858. The number of hydrogen-bond donors (Lipinski definition) is 1. The molecule has 14 heavy (non-hydrogen) atoms. The van der Waals surface area contributed by atoms with E-state index >= 15 is 0 Å². The van der Waals surface area contributed by atoms with Crippen LogP contribution in [0.25, 0.3) is 0 Å². The second-order valence-corrected chi connectivity index (χ2v) is 4.42. The van der Waals surface area contributed by atoms with E-state index in [1.807, 2.05) is 45.0 Å². The van der Waals surface area contributed by atoms with Gasteiger partial charge >= 0.3 is 0 Å². The van der Waals surface area contributed by atoms with Gasteiger partial charge in [-0.05, 0) is 19.1 Å². The lowest BCUT2D eigenvalue weighted by molar-refractivity contribution is 0.0975. The molecule has 2 nitrogen and oxygen atoms in total. The largest absolute Gasteiger partial charge is 0.493 e. The summed E-state index contributed by atoms with van der Waals surface area (Å²) in [6, 6.07) is 7.92. The standard InChI is InChI=1S/C12H18O2/c1-10-4-6-11(7-5-10)14-9-12(2,3)8-13/h4-7,13H,8-9H2,1-3H3. The number of aliphatic hydroxyl groups is 1. The van der Waals surface area contributed by atoms with Gasteiger partial charge < -0.3 is 9.84 Å². The van der Waals surface area contributed by atoms with Gasteiger partial charge in [0.15, 0.2) is 0 Å². The molecule has 0 fully saturated rings. The summed E-state index contributed by atoms with van der Waals surface area (Å²) in [5, 5.41) is 9.04. The fraction of sp³-hybridized carbons (Fsp3) is 0.500. The molecule has 0 saturated heterocycles. The first-order valence-corrected chi connectivity index (χ1v) is 4.84. The molecule has 1 rings (SSSR count). The SMILES string of the molecule is Cc1ccc(OCC(C)(C)CO)cc1. The Balaban J connectivity index is 2.50. The second-order valence-electron chi connectivity index (χ2n) is 4.42. The van der Waals surface area contributed by atoms with Crippen LogP contribution in [-0.2, 0) is 0 Å². The van der Waals surface area contributed by atoms with Gasteiger partial charge in [0.2, 0.25) is 0 Å². The Morgan fingerprint density at radius 1 is 1.21 bits per heavy atom. The van der Waals surface area contributed by atoms with Crippen molar-refractivity contribution < 1.29 is 9.84 Å². The summed E-state index contributed by atoms with van der Waals surface area (Å²) in [7, 11) is 0. The minimum absolute atomic E-state index is 0.138. The molecule has 0 aliphatic carbocycles. The lowest BCUT2D eigenvalue weighted by atomic mass is 9.96. The maximum absolute atomic E-state index is 9.04. The zero-order valence-electron chi connectivity index (χ0n) is 9.08. The number of rotatable bonds is 4. The third-order valence-electron chi connectivity index (χ3n) is 2.08. The predicted octanol–water partition coefficient (Wildman–Crippen LogP) is 2.39. The molecule has 0 saturated carbocycles. The monoisotopic (exact) mass is 194 g/mol. The van der Waals surface area contributed by atoms with Crippen molar-refractivity contribution in [2.24, 2.45) is 5.41 Å². The molecular weight excluding hydrogens is 176 g/mol. The molecule has 78 valence electrons. The molecule has 0 spiro atoms. The van der Waals surface area contributed by atoms with E-state index in [2.05, 4.69) is 0 Å². The zero-order chi connectivity index (χ0) is 10.6. The van der Waals surface area contributed by atoms with Crippen LogP contribution in [0.5, 0.6) is 5.75 Å². The van der Waals surface area contributed by atoms with Gasteiger partial charge in [-0.2, -0.15) is 0 Å². The molecule has 0 aromatic heterocycles. The van der Waals surface area contributed by atoms with Crippen LogP contribution < -0.4 is 4.74 Å². The van der Waals surface area contributed by atoms with Crippen molar-refractivity contribution in [2.75, 3.05) is 13.2 Å². The van der Waals surface area contributed by atoms with Crippen molar-refractivity contribution in [3.63, 3.8) is 0 Å². The van der Waals surface area contributed by atoms with Gasteiger partial charge in [0.25, 0.3) is 0 Å². The van der Waals surface area contributed by atoms with Gasteiger partial charge in [0, 0.05) is 5.41 Å². The molecule has 0 aliphatic rings. The van der Waals surface area contributed by atoms with E-state index in [0.29, 0.717) is 6.61 Å². The van der Waals surface area contributed by atoms with Crippen LogP contribution in [-0.4, -0.2) is 18.3 Å². The summed E-state index contributed by atoms with van der Waals surface area (Å²) < 4.78 is 5.56. The van der Waals surface area contributed by atoms with Crippen molar-refractivity contribution in [3.05, 3.63) is 29.8 Å². The smallest absolute Gasteiger partial charge is 0.119 e. The van der Waals surface area contributed by atoms with Gasteiger partial charge in [0.1, 0.15) is 5.75 Å². The first kappa shape index (κ1) is 11.1. The van der Waals surface area contributed by atoms with Gasteiger partial charge in [-0.25, -0.2) is 0 Å².